The minimum Gasteiger partial charge on any atom is -0.329 e. The molecule has 1 aromatic rings. The highest BCUT2D eigenvalue weighted by Gasteiger charge is 2.35. The minimum atomic E-state index is 0.0472. The van der Waals surface area contributed by atoms with E-state index in [2.05, 4.69) is 75.0 Å². The molecule has 0 bridgehead atoms. The molecule has 120 valence electrons. The van der Waals surface area contributed by atoms with Crippen LogP contribution in [0.5, 0.6) is 0 Å². The van der Waals surface area contributed by atoms with Crippen molar-refractivity contribution >= 4 is 0 Å². The summed E-state index contributed by atoms with van der Waals surface area (Å²) in [6.07, 6.45) is 2.09. The highest BCUT2D eigenvalue weighted by molar-refractivity contribution is 5.18. The van der Waals surface area contributed by atoms with Gasteiger partial charge in [-0.1, -0.05) is 44.2 Å². The number of likely N-dealkylation sites (N-methyl/N-ethyl adjacent to an activating group) is 2. The molecule has 0 saturated heterocycles. The Morgan fingerprint density at radius 1 is 1.14 bits per heavy atom. The third-order valence-corrected chi connectivity index (χ3v) is 4.53. The minimum absolute atomic E-state index is 0.0472. The SMILES string of the molecule is CCN(C(C)CN(C)C)C(CC)(CN)Cc1ccccc1. The molecule has 0 aliphatic heterocycles. The fourth-order valence-electron chi connectivity index (χ4n) is 3.48. The van der Waals surface area contributed by atoms with Crippen LogP contribution in [0, 0.1) is 0 Å². The maximum absolute atomic E-state index is 6.26. The van der Waals surface area contributed by atoms with Gasteiger partial charge in [-0.2, -0.15) is 0 Å². The molecule has 3 heteroatoms. The van der Waals surface area contributed by atoms with Crippen molar-refractivity contribution in [2.45, 2.75) is 45.2 Å². The quantitative estimate of drug-likeness (QED) is 0.759. The van der Waals surface area contributed by atoms with E-state index in [-0.39, 0.29) is 5.54 Å². The van der Waals surface area contributed by atoms with Gasteiger partial charge in [0.25, 0.3) is 0 Å². The van der Waals surface area contributed by atoms with Crippen molar-refractivity contribution in [3.63, 3.8) is 0 Å². The lowest BCUT2D eigenvalue weighted by Crippen LogP contribution is -2.59. The van der Waals surface area contributed by atoms with E-state index in [9.17, 15) is 0 Å². The molecular weight excluding hydrogens is 258 g/mol. The molecule has 21 heavy (non-hydrogen) atoms. The number of hydrogen-bond acceptors (Lipinski definition) is 3. The highest BCUT2D eigenvalue weighted by atomic mass is 15.3. The first-order valence-corrected chi connectivity index (χ1v) is 8.14. The lowest BCUT2D eigenvalue weighted by atomic mass is 9.85. The van der Waals surface area contributed by atoms with E-state index in [0.717, 1.165) is 25.9 Å². The largest absolute Gasteiger partial charge is 0.329 e. The molecule has 0 saturated carbocycles. The van der Waals surface area contributed by atoms with Crippen molar-refractivity contribution in [3.05, 3.63) is 35.9 Å². The summed E-state index contributed by atoms with van der Waals surface area (Å²) in [6.45, 7) is 9.62. The molecule has 2 unspecified atom stereocenters. The van der Waals surface area contributed by atoms with E-state index < -0.39 is 0 Å². The molecule has 1 aromatic carbocycles. The molecule has 0 fully saturated rings. The molecule has 0 aromatic heterocycles. The number of nitrogens with two attached hydrogens (primary N) is 1. The topological polar surface area (TPSA) is 32.5 Å². The zero-order chi connectivity index (χ0) is 15.9. The molecule has 0 radical (unpaired) electrons. The standard InChI is InChI=1S/C18H33N3/c1-6-18(15-19,13-17-11-9-8-10-12-17)21(7-2)16(3)14-20(4)5/h8-12,16H,6-7,13-15,19H2,1-5H3. The predicted molar refractivity (Wildman–Crippen MR) is 92.6 cm³/mol. The third kappa shape index (κ3) is 4.80. The summed E-state index contributed by atoms with van der Waals surface area (Å²) in [6, 6.07) is 11.2. The van der Waals surface area contributed by atoms with E-state index in [4.69, 9.17) is 5.73 Å². The van der Waals surface area contributed by atoms with Gasteiger partial charge in [-0.25, -0.2) is 0 Å². The number of hydrogen-bond donors (Lipinski definition) is 1. The van der Waals surface area contributed by atoms with E-state index in [1.165, 1.54) is 5.56 Å². The molecule has 3 nitrogen and oxygen atoms in total. The monoisotopic (exact) mass is 291 g/mol. The highest BCUT2D eigenvalue weighted by Crippen LogP contribution is 2.26. The lowest BCUT2D eigenvalue weighted by Gasteiger charge is -2.47. The first-order chi connectivity index (χ1) is 9.99. The first kappa shape index (κ1) is 18.1. The predicted octanol–water partition coefficient (Wildman–Crippen LogP) is 2.61. The molecule has 0 aliphatic carbocycles. The van der Waals surface area contributed by atoms with Gasteiger partial charge in [0.1, 0.15) is 0 Å². The summed E-state index contributed by atoms with van der Waals surface area (Å²) >= 11 is 0. The van der Waals surface area contributed by atoms with E-state index in [1.54, 1.807) is 0 Å². The second-order valence-electron chi connectivity index (χ2n) is 6.34. The average molecular weight is 291 g/mol. The van der Waals surface area contributed by atoms with Crippen LogP contribution >= 0.6 is 0 Å². The Hall–Kier alpha value is -0.900. The summed E-state index contributed by atoms with van der Waals surface area (Å²) < 4.78 is 0. The van der Waals surface area contributed by atoms with Gasteiger partial charge in [-0.3, -0.25) is 4.90 Å². The van der Waals surface area contributed by atoms with Crippen LogP contribution in [-0.2, 0) is 6.42 Å². The third-order valence-electron chi connectivity index (χ3n) is 4.53. The maximum atomic E-state index is 6.26. The van der Waals surface area contributed by atoms with Crippen LogP contribution in [0.15, 0.2) is 30.3 Å². The fraction of sp³-hybridized carbons (Fsp3) is 0.667. The maximum Gasteiger partial charge on any atom is 0.0372 e. The zero-order valence-electron chi connectivity index (χ0n) is 14.5. The molecule has 0 heterocycles. The Morgan fingerprint density at radius 3 is 2.19 bits per heavy atom. The first-order valence-electron chi connectivity index (χ1n) is 8.14. The summed E-state index contributed by atoms with van der Waals surface area (Å²) in [5.41, 5.74) is 7.68. The Labute approximate surface area is 131 Å². The molecular formula is C18H33N3. The van der Waals surface area contributed by atoms with Crippen molar-refractivity contribution in [2.75, 3.05) is 33.7 Å². The van der Waals surface area contributed by atoms with Gasteiger partial charge >= 0.3 is 0 Å². The van der Waals surface area contributed by atoms with Gasteiger partial charge in [0.15, 0.2) is 0 Å². The second kappa shape index (κ2) is 8.52. The van der Waals surface area contributed by atoms with Gasteiger partial charge in [-0.15, -0.1) is 0 Å². The van der Waals surface area contributed by atoms with E-state index >= 15 is 0 Å². The molecule has 2 atom stereocenters. The van der Waals surface area contributed by atoms with Gasteiger partial charge < -0.3 is 10.6 Å². The Morgan fingerprint density at radius 2 is 1.76 bits per heavy atom. The van der Waals surface area contributed by atoms with Crippen LogP contribution in [0.4, 0.5) is 0 Å². The Balaban J connectivity index is 3.00. The summed E-state index contributed by atoms with van der Waals surface area (Å²) in [7, 11) is 4.27. The van der Waals surface area contributed by atoms with Gasteiger partial charge in [0.2, 0.25) is 0 Å². The summed E-state index contributed by atoms with van der Waals surface area (Å²) in [5.74, 6) is 0. The second-order valence-corrected chi connectivity index (χ2v) is 6.34. The van der Waals surface area contributed by atoms with Crippen molar-refractivity contribution in [1.29, 1.82) is 0 Å². The fourth-order valence-corrected chi connectivity index (χ4v) is 3.48. The summed E-state index contributed by atoms with van der Waals surface area (Å²) in [4.78, 5) is 4.85. The van der Waals surface area contributed by atoms with Gasteiger partial charge in [-0.05, 0) is 46.0 Å². The van der Waals surface area contributed by atoms with Crippen LogP contribution in [0.2, 0.25) is 0 Å². The molecule has 0 aliphatic rings. The van der Waals surface area contributed by atoms with E-state index in [1.807, 2.05) is 0 Å². The van der Waals surface area contributed by atoms with Gasteiger partial charge in [0.05, 0.1) is 0 Å². The molecule has 2 N–H and O–H groups in total. The van der Waals surface area contributed by atoms with Crippen molar-refractivity contribution in [3.8, 4) is 0 Å². The molecule has 0 amide bonds. The van der Waals surface area contributed by atoms with Crippen LogP contribution in [0.25, 0.3) is 0 Å². The number of benzene rings is 1. The normalized spacial score (nSPS) is 16.2. The van der Waals surface area contributed by atoms with Gasteiger partial charge in [0, 0.05) is 24.7 Å². The van der Waals surface area contributed by atoms with Crippen LogP contribution in [0.3, 0.4) is 0 Å². The molecule has 0 spiro atoms. The van der Waals surface area contributed by atoms with Crippen LogP contribution < -0.4 is 5.73 Å². The number of nitrogens with zero attached hydrogens (tertiary/aromatic N) is 2. The average Bonchev–Trinajstić information content (AvgIpc) is 2.47. The van der Waals surface area contributed by atoms with Crippen molar-refractivity contribution in [2.24, 2.45) is 5.73 Å². The van der Waals surface area contributed by atoms with Crippen LogP contribution in [-0.4, -0.2) is 55.1 Å². The Kier molecular flexibility index (Phi) is 7.36. The van der Waals surface area contributed by atoms with Crippen molar-refractivity contribution in [1.82, 2.24) is 9.80 Å². The number of rotatable bonds is 9. The van der Waals surface area contributed by atoms with Crippen LogP contribution in [0.1, 0.15) is 32.8 Å². The summed E-state index contributed by atoms with van der Waals surface area (Å²) in [5, 5.41) is 0. The molecule has 1 rings (SSSR count). The van der Waals surface area contributed by atoms with Crippen molar-refractivity contribution < 1.29 is 0 Å². The lowest BCUT2D eigenvalue weighted by molar-refractivity contribution is 0.0448. The Bertz CT molecular complexity index is 385. The van der Waals surface area contributed by atoms with E-state index in [0.29, 0.717) is 12.6 Å². The zero-order valence-corrected chi connectivity index (χ0v) is 14.5. The smallest absolute Gasteiger partial charge is 0.0372 e.